The molecule has 20 heteroatoms. The summed E-state index contributed by atoms with van der Waals surface area (Å²) in [5.41, 5.74) is 12.2. The lowest BCUT2D eigenvalue weighted by Gasteiger charge is -2.48. The monoisotopic (exact) mass is 1130 g/mol. The summed E-state index contributed by atoms with van der Waals surface area (Å²) >= 11 is 0. The smallest absolute Gasteiger partial charge is 0.308 e. The molecule has 20 nitrogen and oxygen atoms in total. The second-order valence-corrected chi connectivity index (χ2v) is 22.6. The molecule has 6 aliphatic rings. The molecule has 0 radical (unpaired) electrons. The topological polar surface area (TPSA) is 335 Å². The Morgan fingerprint density at radius 2 is 1.78 bits per heavy atom. The number of guanidine groups is 1. The Labute approximate surface area is 474 Å². The second-order valence-electron chi connectivity index (χ2n) is 22.6. The van der Waals surface area contributed by atoms with Crippen molar-refractivity contribution in [2.45, 2.75) is 145 Å². The van der Waals surface area contributed by atoms with Crippen molar-refractivity contribution in [3.05, 3.63) is 120 Å². The summed E-state index contributed by atoms with van der Waals surface area (Å²) in [5.74, 6) is -0.907. The van der Waals surface area contributed by atoms with Crippen LogP contribution in [0.5, 0.6) is 17.2 Å². The fraction of sp³-hybridized carbons (Fsp3) is 0.468. The predicted octanol–water partition coefficient (Wildman–Crippen LogP) is 2.73. The van der Waals surface area contributed by atoms with Gasteiger partial charge in [0.2, 0.25) is 12.1 Å². The van der Waals surface area contributed by atoms with Crippen LogP contribution in [0.4, 0.5) is 0 Å². The molecule has 0 spiro atoms. The molecule has 82 heavy (non-hydrogen) atoms. The van der Waals surface area contributed by atoms with E-state index in [4.69, 9.17) is 30.4 Å². The Kier molecular flexibility index (Phi) is 16.9. The van der Waals surface area contributed by atoms with Crippen LogP contribution >= 0.6 is 0 Å². The summed E-state index contributed by atoms with van der Waals surface area (Å²) in [5, 5.41) is 89.6. The molecule has 4 bridgehead atoms. The minimum Gasteiger partial charge on any atom is -0.507 e. The second kappa shape index (κ2) is 23.8. The fourth-order valence-corrected chi connectivity index (χ4v) is 13.1. The standard InChI is InChI=1S/C62H71N5O15/c1-31-57(75)62(77,78)58(79-30-41-20-21-66-60(64)67-41)59(80-31)82-56-44-9-5-8-40(63)17-18-42(71)23-34-7-4-6-33(22-34)11-19-43-47(81-32(2)70)25-38(28-68)48-49(43)55(74)50(44)51(54(48)73)53(72)45(56)24-37-13-12-36-14-16-39-15-10-35(27-65-3)26-61(39,76)52(36)46(37)29-69/h4,6-7,11-13,19,22,25,29,31,35,39-42,57-59,65,68,71-72,75-78H,9-10,14-18,20-21,23-24,26-28,30,63H2,1-3H3,(H3,64,66,67)/b19-11+/t31-,35+,39-,40-,41+,42+,57+,58-,59+,61-/m0/s1. The van der Waals surface area contributed by atoms with Crippen molar-refractivity contribution in [3.63, 3.8) is 0 Å². The summed E-state index contributed by atoms with van der Waals surface area (Å²) in [6, 6.07) is 10.7. The highest BCUT2D eigenvalue weighted by Gasteiger charge is 2.57. The Morgan fingerprint density at radius 3 is 2.52 bits per heavy atom. The number of phenols is 1. The van der Waals surface area contributed by atoms with E-state index in [2.05, 4.69) is 27.5 Å². The van der Waals surface area contributed by atoms with Gasteiger partial charge in [-0.15, -0.1) is 0 Å². The number of nitrogens with one attached hydrogen (secondary N) is 2. The average Bonchev–Trinajstić information content (AvgIpc) is 2.46. The van der Waals surface area contributed by atoms with Crippen LogP contribution in [0.15, 0.2) is 47.5 Å². The number of esters is 1. The van der Waals surface area contributed by atoms with Crippen LogP contribution in [0.2, 0.25) is 0 Å². The van der Waals surface area contributed by atoms with Crippen molar-refractivity contribution in [2.24, 2.45) is 28.3 Å². The van der Waals surface area contributed by atoms with Gasteiger partial charge in [0.1, 0.15) is 23.4 Å². The van der Waals surface area contributed by atoms with Gasteiger partial charge >= 0.3 is 5.97 Å². The lowest BCUT2D eigenvalue weighted by atomic mass is 9.61. The first-order chi connectivity index (χ1) is 39.2. The zero-order chi connectivity index (χ0) is 58.4. The van der Waals surface area contributed by atoms with E-state index in [-0.39, 0.29) is 99.7 Å². The van der Waals surface area contributed by atoms with E-state index in [1.165, 1.54) is 19.1 Å². The molecule has 1 saturated heterocycles. The number of carbonyl (C=O) groups excluding carboxylic acids is 4. The van der Waals surface area contributed by atoms with E-state index in [1.807, 2.05) is 25.2 Å². The molecule has 2 heterocycles. The van der Waals surface area contributed by atoms with Gasteiger partial charge in [-0.25, -0.2) is 0 Å². The van der Waals surface area contributed by atoms with Crippen LogP contribution in [-0.2, 0) is 52.2 Å². The molecular formula is C62H71N5O15. The Morgan fingerprint density at radius 1 is 0.988 bits per heavy atom. The molecule has 10 atom stereocenters. The average molecular weight is 1130 g/mol. The number of aldehydes is 1. The van der Waals surface area contributed by atoms with Crippen molar-refractivity contribution >= 4 is 41.9 Å². The third kappa shape index (κ3) is 11.1. The van der Waals surface area contributed by atoms with E-state index in [9.17, 15) is 45.3 Å². The molecule has 4 aromatic rings. The molecule has 0 amide bonds. The number of aliphatic hydroxyl groups excluding tert-OH is 3. The van der Waals surface area contributed by atoms with Gasteiger partial charge in [-0.1, -0.05) is 54.3 Å². The largest absolute Gasteiger partial charge is 0.507 e. The van der Waals surface area contributed by atoms with Gasteiger partial charge in [0.05, 0.1) is 48.7 Å². The SMILES string of the molecule is CNC[C@@H]1CC[C@H]2CCc3ccc(Cc4c(O)c5c6c(c4O[C@H]4O[C@@H](C)[C@@H](O)C(O)(O)[C@H]4OC[C@H]4CCN=C(N)N4)CC#C[C@H](N)CC[C@@H](O)Cc4cccc(c4)/C=C/c4c(OC(C)=O)cc(CO)c(c4C6=O)C5=O)c(C=O)c3[C@]2(O)C1. The molecule has 1 saturated carbocycles. The first-order valence-corrected chi connectivity index (χ1v) is 28.0. The van der Waals surface area contributed by atoms with Crippen LogP contribution in [0.1, 0.15) is 151 Å². The van der Waals surface area contributed by atoms with Crippen LogP contribution < -0.4 is 31.6 Å². The molecule has 0 aromatic heterocycles. The third-order valence-corrected chi connectivity index (χ3v) is 17.1. The molecule has 10 rings (SSSR count). The molecule has 4 aromatic carbocycles. The summed E-state index contributed by atoms with van der Waals surface area (Å²) in [4.78, 5) is 62.7. The van der Waals surface area contributed by atoms with E-state index < -0.39 is 108 Å². The predicted molar refractivity (Wildman–Crippen MR) is 300 cm³/mol. The lowest BCUT2D eigenvalue weighted by molar-refractivity contribution is -0.379. The van der Waals surface area contributed by atoms with Gasteiger partial charge in [0.15, 0.2) is 29.9 Å². The highest BCUT2D eigenvalue weighted by atomic mass is 16.7. The first kappa shape index (κ1) is 58.3. The Hall–Kier alpha value is -6.87. The highest BCUT2D eigenvalue weighted by Crippen LogP contribution is 2.53. The maximum Gasteiger partial charge on any atom is 0.308 e. The number of rotatable bonds is 12. The van der Waals surface area contributed by atoms with Crippen LogP contribution in [0, 0.1) is 23.7 Å². The summed E-state index contributed by atoms with van der Waals surface area (Å²) < 4.78 is 25.1. The number of hydrogen-bond donors (Lipinski definition) is 11. The van der Waals surface area contributed by atoms with Gasteiger partial charge in [-0.05, 0) is 136 Å². The molecule has 2 aliphatic heterocycles. The maximum atomic E-state index is 16.1. The molecule has 434 valence electrons. The van der Waals surface area contributed by atoms with Crippen LogP contribution in [0.3, 0.4) is 0 Å². The van der Waals surface area contributed by atoms with Crippen molar-refractivity contribution < 1.29 is 73.9 Å². The van der Waals surface area contributed by atoms with Gasteiger partial charge in [0, 0.05) is 65.3 Å². The van der Waals surface area contributed by atoms with Crippen molar-refractivity contribution in [1.29, 1.82) is 0 Å². The number of nitrogens with two attached hydrogens (primary N) is 2. The quantitative estimate of drug-likeness (QED) is 0.0281. The number of aromatic hydroxyl groups is 1. The third-order valence-electron chi connectivity index (χ3n) is 17.1. The van der Waals surface area contributed by atoms with Gasteiger partial charge in [-0.2, -0.15) is 0 Å². The number of nitrogens with zero attached hydrogens (tertiary/aromatic N) is 1. The van der Waals surface area contributed by atoms with Gasteiger partial charge < -0.3 is 76.8 Å². The minimum atomic E-state index is -3.09. The number of benzene rings is 4. The molecule has 13 N–H and O–H groups in total. The fourth-order valence-electron chi connectivity index (χ4n) is 13.1. The normalized spacial score (nSPS) is 27.9. The molecule has 0 unspecified atom stereocenters. The molecule has 2 fully saturated rings. The zero-order valence-electron chi connectivity index (χ0n) is 46.1. The number of aliphatic hydroxyl groups is 6. The number of aliphatic imine (C=N–C) groups is 1. The number of aryl methyl sites for hydroxylation is 1. The van der Waals surface area contributed by atoms with Gasteiger partial charge in [-0.3, -0.25) is 24.2 Å². The number of ether oxygens (including phenoxy) is 4. The van der Waals surface area contributed by atoms with Crippen molar-refractivity contribution in [1.82, 2.24) is 10.6 Å². The van der Waals surface area contributed by atoms with E-state index in [0.29, 0.717) is 56.2 Å². The highest BCUT2D eigenvalue weighted by molar-refractivity contribution is 6.32. The van der Waals surface area contributed by atoms with Gasteiger partial charge in [0.25, 0.3) is 0 Å². The minimum absolute atomic E-state index is 0.0390. The number of fused-ring (bicyclic) bond motifs is 5. The summed E-state index contributed by atoms with van der Waals surface area (Å²) in [6.07, 6.45) is -0.683. The Balaban J connectivity index is 1.24. The number of ketones is 2. The van der Waals surface area contributed by atoms with E-state index in [0.717, 1.165) is 30.9 Å². The van der Waals surface area contributed by atoms with E-state index in [1.54, 1.807) is 24.3 Å². The summed E-state index contributed by atoms with van der Waals surface area (Å²) in [7, 11) is 1.85. The number of carbonyl (C=O) groups is 4. The zero-order valence-corrected chi connectivity index (χ0v) is 46.1. The van der Waals surface area contributed by atoms with E-state index >= 15 is 9.59 Å². The number of phenolic OH excluding ortho intramolecular Hbond substituents is 1. The van der Waals surface area contributed by atoms with Crippen molar-refractivity contribution in [2.75, 3.05) is 26.7 Å². The first-order valence-electron chi connectivity index (χ1n) is 28.0. The Bertz CT molecular complexity index is 3330. The van der Waals surface area contributed by atoms with Crippen LogP contribution in [-0.4, -0.2) is 141 Å². The maximum absolute atomic E-state index is 16.1. The molecule has 4 aliphatic carbocycles. The van der Waals surface area contributed by atoms with Crippen LogP contribution in [0.25, 0.3) is 12.2 Å². The number of hydrogen-bond acceptors (Lipinski definition) is 20. The van der Waals surface area contributed by atoms with Crippen molar-refractivity contribution in [3.8, 4) is 29.1 Å². The summed E-state index contributed by atoms with van der Waals surface area (Å²) in [6.45, 7) is 2.40. The lowest BCUT2D eigenvalue weighted by Crippen LogP contribution is -2.68. The molecular weight excluding hydrogens is 1050 g/mol.